The van der Waals surface area contributed by atoms with Crippen LogP contribution in [0.1, 0.15) is 60.6 Å². The summed E-state index contributed by atoms with van der Waals surface area (Å²) < 4.78 is 2.48. The molecule has 2 aromatic heterocycles. The van der Waals surface area contributed by atoms with E-state index in [-0.39, 0.29) is 23.1 Å². The van der Waals surface area contributed by atoms with Gasteiger partial charge < -0.3 is 4.90 Å². The van der Waals surface area contributed by atoms with Crippen molar-refractivity contribution < 1.29 is 4.79 Å². The van der Waals surface area contributed by atoms with Crippen molar-refractivity contribution in [2.75, 3.05) is 11.4 Å². The molecule has 3 heterocycles. The number of benzene rings is 1. The smallest absolute Gasteiger partial charge is 0.308 e. The Morgan fingerprint density at radius 2 is 2.03 bits per heavy atom. The Kier molecular flexibility index (Phi) is 5.28. The zero-order valence-electron chi connectivity index (χ0n) is 18.2. The van der Waals surface area contributed by atoms with Gasteiger partial charge in [0.15, 0.2) is 5.65 Å². The second-order valence-electron chi connectivity index (χ2n) is 9.16. The Balaban J connectivity index is 1.73. The van der Waals surface area contributed by atoms with Crippen LogP contribution in [0, 0.1) is 5.92 Å². The number of H-pyrrole nitrogens is 1. The largest absolute Gasteiger partial charge is 0.330 e. The van der Waals surface area contributed by atoms with Crippen LogP contribution < -0.4 is 16.1 Å². The summed E-state index contributed by atoms with van der Waals surface area (Å²) in [5, 5.41) is 0.198. The minimum atomic E-state index is -0.559. The first-order valence-electron chi connectivity index (χ1n) is 11.1. The number of anilines is 1. The monoisotopic (exact) mass is 496 g/mol. The van der Waals surface area contributed by atoms with Crippen LogP contribution in [-0.4, -0.2) is 27.0 Å². The molecule has 8 heteroatoms. The number of aromatic nitrogens is 3. The van der Waals surface area contributed by atoms with Crippen molar-refractivity contribution in [2.45, 2.75) is 52.0 Å². The molecule has 0 radical (unpaired) electrons. The van der Waals surface area contributed by atoms with E-state index >= 15 is 0 Å². The third-order valence-electron chi connectivity index (χ3n) is 6.15. The van der Waals surface area contributed by atoms with Crippen molar-refractivity contribution >= 4 is 38.6 Å². The number of carbonyl (C=O) groups is 1. The standard InChI is InChI=1S/C24H25BrN4O3/c1-13(2)12-29-21-20(22(30)27-24(29)32)17(11-18(26-21)14-5-6-14)23(31)28-9-3-4-15-10-16(25)7-8-19(15)28/h7-8,10-11,13-14H,3-6,9,12H2,1-2H3,(H,27,30,32). The zero-order chi connectivity index (χ0) is 22.6. The van der Waals surface area contributed by atoms with E-state index in [1.54, 1.807) is 11.0 Å². The lowest BCUT2D eigenvalue weighted by molar-refractivity contribution is 0.0986. The van der Waals surface area contributed by atoms with Crippen LogP contribution in [0.15, 0.2) is 38.3 Å². The number of hydrogen-bond acceptors (Lipinski definition) is 4. The number of pyridine rings is 1. The molecule has 0 unspecified atom stereocenters. The van der Waals surface area contributed by atoms with Crippen LogP contribution in [-0.2, 0) is 13.0 Å². The van der Waals surface area contributed by atoms with Crippen LogP contribution in [0.3, 0.4) is 0 Å². The van der Waals surface area contributed by atoms with E-state index in [9.17, 15) is 14.4 Å². The third kappa shape index (κ3) is 3.70. The van der Waals surface area contributed by atoms with Crippen molar-refractivity contribution in [1.29, 1.82) is 0 Å². The molecule has 166 valence electrons. The van der Waals surface area contributed by atoms with E-state index < -0.39 is 11.2 Å². The molecule has 1 aromatic carbocycles. The van der Waals surface area contributed by atoms with Gasteiger partial charge in [-0.25, -0.2) is 9.78 Å². The van der Waals surface area contributed by atoms with Gasteiger partial charge in [-0.15, -0.1) is 0 Å². The van der Waals surface area contributed by atoms with Crippen molar-refractivity contribution in [2.24, 2.45) is 5.92 Å². The van der Waals surface area contributed by atoms with Crippen LogP contribution in [0.2, 0.25) is 0 Å². The Labute approximate surface area is 193 Å². The van der Waals surface area contributed by atoms with E-state index in [2.05, 4.69) is 20.9 Å². The molecule has 1 aliphatic carbocycles. The van der Waals surface area contributed by atoms with Gasteiger partial charge in [0.05, 0.1) is 10.9 Å². The quantitative estimate of drug-likeness (QED) is 0.591. The van der Waals surface area contributed by atoms with E-state index in [0.29, 0.717) is 24.3 Å². The minimum Gasteiger partial charge on any atom is -0.308 e. The summed E-state index contributed by atoms with van der Waals surface area (Å²) in [6.07, 6.45) is 3.76. The minimum absolute atomic E-state index is 0.180. The molecule has 1 N–H and O–H groups in total. The Bertz CT molecular complexity index is 1350. The maximum atomic E-state index is 13.9. The third-order valence-corrected chi connectivity index (χ3v) is 6.64. The van der Waals surface area contributed by atoms with Gasteiger partial charge in [-0.1, -0.05) is 29.8 Å². The van der Waals surface area contributed by atoms with Gasteiger partial charge in [0.2, 0.25) is 0 Å². The van der Waals surface area contributed by atoms with Gasteiger partial charge in [0, 0.05) is 34.9 Å². The lowest BCUT2D eigenvalue weighted by Crippen LogP contribution is -2.38. The zero-order valence-corrected chi connectivity index (χ0v) is 19.7. The fourth-order valence-electron chi connectivity index (χ4n) is 4.51. The lowest BCUT2D eigenvalue weighted by atomic mass is 10.00. The number of aryl methyl sites for hydroxylation is 1. The number of nitrogens with zero attached hydrogens (tertiary/aromatic N) is 3. The number of carbonyl (C=O) groups excluding carboxylic acids is 1. The SMILES string of the molecule is CC(C)Cn1c(=O)[nH]c(=O)c2c(C(=O)N3CCCc4cc(Br)ccc43)cc(C3CC3)nc21. The molecule has 32 heavy (non-hydrogen) atoms. The molecule has 0 saturated heterocycles. The summed E-state index contributed by atoms with van der Waals surface area (Å²) in [5.74, 6) is 0.236. The van der Waals surface area contributed by atoms with E-state index in [1.165, 1.54) is 4.57 Å². The fourth-order valence-corrected chi connectivity index (χ4v) is 4.92. The summed E-state index contributed by atoms with van der Waals surface area (Å²) in [5.41, 5.74) is 2.36. The molecule has 7 nitrogen and oxygen atoms in total. The van der Waals surface area contributed by atoms with Crippen LogP contribution >= 0.6 is 15.9 Å². The van der Waals surface area contributed by atoms with E-state index in [1.807, 2.05) is 32.0 Å². The summed E-state index contributed by atoms with van der Waals surface area (Å²) in [6, 6.07) is 7.69. The number of halogens is 1. The first-order chi connectivity index (χ1) is 15.3. The van der Waals surface area contributed by atoms with Gasteiger partial charge in [0.25, 0.3) is 11.5 Å². The molecule has 1 aliphatic heterocycles. The molecular weight excluding hydrogens is 472 g/mol. The molecular formula is C24H25BrN4O3. The van der Waals surface area contributed by atoms with Crippen molar-refractivity contribution in [1.82, 2.24) is 14.5 Å². The Morgan fingerprint density at radius 3 is 2.75 bits per heavy atom. The summed E-state index contributed by atoms with van der Waals surface area (Å²) >= 11 is 3.51. The molecule has 0 atom stereocenters. The summed E-state index contributed by atoms with van der Waals surface area (Å²) in [4.78, 5) is 48.3. The van der Waals surface area contributed by atoms with Gasteiger partial charge in [-0.05, 0) is 61.4 Å². The fraction of sp³-hybridized carbons (Fsp3) is 0.417. The van der Waals surface area contributed by atoms with E-state index in [0.717, 1.165) is 47.1 Å². The van der Waals surface area contributed by atoms with Crippen molar-refractivity contribution in [3.8, 4) is 0 Å². The van der Waals surface area contributed by atoms with Gasteiger partial charge in [-0.2, -0.15) is 0 Å². The van der Waals surface area contributed by atoms with E-state index in [4.69, 9.17) is 4.98 Å². The molecule has 0 spiro atoms. The topological polar surface area (TPSA) is 88.1 Å². The number of amides is 1. The van der Waals surface area contributed by atoms with Crippen LogP contribution in [0.25, 0.3) is 11.0 Å². The average Bonchev–Trinajstić information content (AvgIpc) is 3.60. The number of fused-ring (bicyclic) bond motifs is 2. The molecule has 2 aliphatic rings. The Hall–Kier alpha value is -2.74. The van der Waals surface area contributed by atoms with Crippen molar-refractivity contribution in [3.63, 3.8) is 0 Å². The number of aromatic amines is 1. The molecule has 1 amide bonds. The molecule has 1 fully saturated rings. The lowest BCUT2D eigenvalue weighted by Gasteiger charge is -2.30. The highest BCUT2D eigenvalue weighted by Gasteiger charge is 2.31. The van der Waals surface area contributed by atoms with Gasteiger partial charge >= 0.3 is 5.69 Å². The molecule has 5 rings (SSSR count). The predicted octanol–water partition coefficient (Wildman–Crippen LogP) is 3.97. The normalized spacial score (nSPS) is 15.9. The highest BCUT2D eigenvalue weighted by molar-refractivity contribution is 9.10. The first kappa shape index (κ1) is 21.1. The Morgan fingerprint density at radius 1 is 1.25 bits per heavy atom. The van der Waals surface area contributed by atoms with Crippen LogP contribution in [0.5, 0.6) is 0 Å². The molecule has 1 saturated carbocycles. The van der Waals surface area contributed by atoms with Gasteiger partial charge in [-0.3, -0.25) is 19.1 Å². The van der Waals surface area contributed by atoms with Crippen LogP contribution in [0.4, 0.5) is 5.69 Å². The molecule has 3 aromatic rings. The highest BCUT2D eigenvalue weighted by Crippen LogP contribution is 2.40. The van der Waals surface area contributed by atoms with Crippen molar-refractivity contribution in [3.05, 3.63) is 66.4 Å². The average molecular weight is 497 g/mol. The summed E-state index contributed by atoms with van der Waals surface area (Å²) in [7, 11) is 0. The maximum Gasteiger partial charge on any atom is 0.330 e. The second kappa shape index (κ2) is 7.99. The number of nitrogens with one attached hydrogen (secondary N) is 1. The first-order valence-corrected chi connectivity index (χ1v) is 11.9. The molecule has 0 bridgehead atoms. The number of rotatable bonds is 4. The predicted molar refractivity (Wildman–Crippen MR) is 128 cm³/mol. The second-order valence-corrected chi connectivity index (χ2v) is 10.1. The van der Waals surface area contributed by atoms with Gasteiger partial charge in [0.1, 0.15) is 0 Å². The summed E-state index contributed by atoms with van der Waals surface area (Å²) in [6.45, 7) is 5.01. The number of hydrogen-bond donors (Lipinski definition) is 1. The highest BCUT2D eigenvalue weighted by atomic mass is 79.9. The maximum absolute atomic E-state index is 13.9.